The van der Waals surface area contributed by atoms with Crippen molar-refractivity contribution < 1.29 is 14.6 Å². The normalized spacial score (nSPS) is 10.7. The number of carboxylic acid groups (broad SMARTS) is 1. The Kier molecular flexibility index (Phi) is 4.44. The van der Waals surface area contributed by atoms with Gasteiger partial charge in [0.2, 0.25) is 0 Å². The number of carboxylic acids is 1. The lowest BCUT2D eigenvalue weighted by Gasteiger charge is -2.07. The van der Waals surface area contributed by atoms with Crippen LogP contribution in [0.2, 0.25) is 0 Å². The highest BCUT2D eigenvalue weighted by molar-refractivity contribution is 5.85. The number of aliphatic carboxylic acids is 1. The lowest BCUT2D eigenvalue weighted by molar-refractivity contribution is -0.131. The summed E-state index contributed by atoms with van der Waals surface area (Å²) >= 11 is 0. The van der Waals surface area contributed by atoms with Crippen LogP contribution in [0.3, 0.4) is 0 Å². The lowest BCUT2D eigenvalue weighted by Crippen LogP contribution is -2.02. The van der Waals surface area contributed by atoms with Gasteiger partial charge in [-0.3, -0.25) is 0 Å². The molecule has 1 N–H and O–H groups in total. The van der Waals surface area contributed by atoms with Crippen LogP contribution in [0, 0.1) is 6.92 Å². The number of nitrogens with zero attached hydrogens (tertiary/aromatic N) is 2. The number of benzene rings is 1. The van der Waals surface area contributed by atoms with E-state index < -0.39 is 5.97 Å². The standard InChI is InChI=1S/C15H14N2O3/c1-11-4-2-3-5-13(11)20-10-14-16-8-12(9-17-14)6-7-15(18)19/h2-9H,10H2,1H3,(H,18,19)/b7-6+. The van der Waals surface area contributed by atoms with Gasteiger partial charge >= 0.3 is 5.97 Å². The van der Waals surface area contributed by atoms with Gasteiger partial charge in [-0.25, -0.2) is 14.8 Å². The van der Waals surface area contributed by atoms with Gasteiger partial charge in [0.05, 0.1) is 0 Å². The summed E-state index contributed by atoms with van der Waals surface area (Å²) in [5, 5.41) is 8.52. The zero-order valence-electron chi connectivity index (χ0n) is 11.0. The molecule has 5 nitrogen and oxygen atoms in total. The highest BCUT2D eigenvalue weighted by Crippen LogP contribution is 2.17. The van der Waals surface area contributed by atoms with Crippen molar-refractivity contribution in [3.63, 3.8) is 0 Å². The molecule has 0 amide bonds. The van der Waals surface area contributed by atoms with Crippen LogP contribution < -0.4 is 4.74 Å². The maximum absolute atomic E-state index is 10.4. The minimum absolute atomic E-state index is 0.272. The molecule has 1 heterocycles. The third-order valence-electron chi connectivity index (χ3n) is 2.59. The number of ether oxygens (including phenoxy) is 1. The number of carbonyl (C=O) groups is 1. The first-order chi connectivity index (χ1) is 9.65. The van der Waals surface area contributed by atoms with Crippen molar-refractivity contribution in [1.29, 1.82) is 0 Å². The van der Waals surface area contributed by atoms with Crippen LogP contribution in [0.25, 0.3) is 6.08 Å². The van der Waals surface area contributed by atoms with E-state index in [0.717, 1.165) is 17.4 Å². The van der Waals surface area contributed by atoms with Crippen LogP contribution in [0.15, 0.2) is 42.7 Å². The first-order valence-electron chi connectivity index (χ1n) is 6.05. The fraction of sp³-hybridized carbons (Fsp3) is 0.133. The molecule has 0 fully saturated rings. The van der Waals surface area contributed by atoms with Gasteiger partial charge in [0, 0.05) is 24.0 Å². The molecule has 20 heavy (non-hydrogen) atoms. The Balaban J connectivity index is 1.97. The van der Waals surface area contributed by atoms with Crippen molar-refractivity contribution in [1.82, 2.24) is 9.97 Å². The predicted octanol–water partition coefficient (Wildman–Crippen LogP) is 2.46. The summed E-state index contributed by atoms with van der Waals surface area (Å²) in [6.45, 7) is 2.24. The fourth-order valence-electron chi connectivity index (χ4n) is 1.55. The maximum Gasteiger partial charge on any atom is 0.328 e. The molecule has 0 saturated carbocycles. The molecule has 0 atom stereocenters. The summed E-state index contributed by atoms with van der Waals surface area (Å²) in [5.41, 5.74) is 1.68. The van der Waals surface area contributed by atoms with Gasteiger partial charge in [-0.1, -0.05) is 18.2 Å². The Bertz CT molecular complexity index is 621. The van der Waals surface area contributed by atoms with Crippen molar-refractivity contribution >= 4 is 12.0 Å². The first kappa shape index (κ1) is 13.7. The monoisotopic (exact) mass is 270 g/mol. The Labute approximate surface area is 116 Å². The molecule has 5 heteroatoms. The Morgan fingerprint density at radius 2 is 2.00 bits per heavy atom. The van der Waals surface area contributed by atoms with Crippen molar-refractivity contribution in [3.8, 4) is 5.75 Å². The molecule has 0 radical (unpaired) electrons. The van der Waals surface area contributed by atoms with Crippen molar-refractivity contribution in [3.05, 3.63) is 59.7 Å². The van der Waals surface area contributed by atoms with Crippen LogP contribution in [-0.4, -0.2) is 21.0 Å². The van der Waals surface area contributed by atoms with Crippen LogP contribution >= 0.6 is 0 Å². The first-order valence-corrected chi connectivity index (χ1v) is 6.05. The second kappa shape index (κ2) is 6.47. The zero-order valence-corrected chi connectivity index (χ0v) is 11.0. The maximum atomic E-state index is 10.4. The molecule has 0 aliphatic heterocycles. The molecule has 0 aliphatic carbocycles. The number of para-hydroxylation sites is 1. The molecular formula is C15H14N2O3. The molecule has 0 unspecified atom stereocenters. The van der Waals surface area contributed by atoms with E-state index in [9.17, 15) is 4.79 Å². The van der Waals surface area contributed by atoms with Crippen LogP contribution in [0.4, 0.5) is 0 Å². The van der Waals surface area contributed by atoms with E-state index in [2.05, 4.69) is 9.97 Å². The minimum Gasteiger partial charge on any atom is -0.485 e. The van der Waals surface area contributed by atoms with E-state index in [-0.39, 0.29) is 6.61 Å². The third kappa shape index (κ3) is 3.91. The van der Waals surface area contributed by atoms with Gasteiger partial charge in [-0.15, -0.1) is 0 Å². The Morgan fingerprint density at radius 1 is 1.30 bits per heavy atom. The zero-order chi connectivity index (χ0) is 14.4. The van der Waals surface area contributed by atoms with Gasteiger partial charge in [0.1, 0.15) is 12.4 Å². The number of aromatic nitrogens is 2. The van der Waals surface area contributed by atoms with Gasteiger partial charge in [0.25, 0.3) is 0 Å². The summed E-state index contributed by atoms with van der Waals surface area (Å²) in [5.74, 6) is 0.337. The average Bonchev–Trinajstić information content (AvgIpc) is 2.45. The highest BCUT2D eigenvalue weighted by atomic mass is 16.5. The van der Waals surface area contributed by atoms with Gasteiger partial charge < -0.3 is 9.84 Å². The molecule has 2 aromatic rings. The van der Waals surface area contributed by atoms with Crippen molar-refractivity contribution in [2.24, 2.45) is 0 Å². The summed E-state index contributed by atoms with van der Waals surface area (Å²) < 4.78 is 5.62. The van der Waals surface area contributed by atoms with Crippen molar-refractivity contribution in [2.75, 3.05) is 0 Å². The van der Waals surface area contributed by atoms with E-state index in [1.54, 1.807) is 12.4 Å². The Morgan fingerprint density at radius 3 is 2.65 bits per heavy atom. The Hall–Kier alpha value is -2.69. The van der Waals surface area contributed by atoms with Crippen LogP contribution in [0.1, 0.15) is 17.0 Å². The van der Waals surface area contributed by atoms with Gasteiger partial charge in [-0.05, 0) is 24.6 Å². The summed E-state index contributed by atoms with van der Waals surface area (Å²) in [6.07, 6.45) is 5.60. The fourth-order valence-corrected chi connectivity index (χ4v) is 1.55. The quantitative estimate of drug-likeness (QED) is 0.845. The third-order valence-corrected chi connectivity index (χ3v) is 2.59. The van der Waals surface area contributed by atoms with Crippen LogP contribution in [-0.2, 0) is 11.4 Å². The molecule has 0 bridgehead atoms. The molecule has 102 valence electrons. The average molecular weight is 270 g/mol. The highest BCUT2D eigenvalue weighted by Gasteiger charge is 2.01. The van der Waals surface area contributed by atoms with E-state index in [1.807, 2.05) is 31.2 Å². The number of rotatable bonds is 5. The SMILES string of the molecule is Cc1ccccc1OCc1ncc(/C=C/C(=O)O)cn1. The number of hydrogen-bond donors (Lipinski definition) is 1. The molecule has 2 rings (SSSR count). The molecule has 0 spiro atoms. The molecule has 1 aromatic heterocycles. The summed E-state index contributed by atoms with van der Waals surface area (Å²) in [6, 6.07) is 7.71. The number of aryl methyl sites for hydroxylation is 1. The van der Waals surface area contributed by atoms with E-state index in [1.165, 1.54) is 6.08 Å². The second-order valence-electron chi connectivity index (χ2n) is 4.16. The molecule has 1 aromatic carbocycles. The summed E-state index contributed by atoms with van der Waals surface area (Å²) in [7, 11) is 0. The van der Waals surface area contributed by atoms with Crippen molar-refractivity contribution in [2.45, 2.75) is 13.5 Å². The molecular weight excluding hydrogens is 256 g/mol. The topological polar surface area (TPSA) is 72.3 Å². The van der Waals surface area contributed by atoms with E-state index in [0.29, 0.717) is 11.4 Å². The predicted molar refractivity (Wildman–Crippen MR) is 74.2 cm³/mol. The molecule has 0 aliphatic rings. The van der Waals surface area contributed by atoms with E-state index >= 15 is 0 Å². The molecule has 0 saturated heterocycles. The van der Waals surface area contributed by atoms with E-state index in [4.69, 9.17) is 9.84 Å². The lowest BCUT2D eigenvalue weighted by atomic mass is 10.2. The smallest absolute Gasteiger partial charge is 0.328 e. The van der Waals surface area contributed by atoms with Crippen LogP contribution in [0.5, 0.6) is 5.75 Å². The van der Waals surface area contributed by atoms with Gasteiger partial charge in [-0.2, -0.15) is 0 Å². The second-order valence-corrected chi connectivity index (χ2v) is 4.16. The summed E-state index contributed by atoms with van der Waals surface area (Å²) in [4.78, 5) is 18.6. The minimum atomic E-state index is -1.00. The largest absolute Gasteiger partial charge is 0.485 e. The number of hydrogen-bond acceptors (Lipinski definition) is 4. The van der Waals surface area contributed by atoms with Gasteiger partial charge in [0.15, 0.2) is 5.82 Å².